The van der Waals surface area contributed by atoms with Gasteiger partial charge in [-0.2, -0.15) is 0 Å². The number of aryl methyl sites for hydroxylation is 2. The Bertz CT molecular complexity index is 1120. The highest BCUT2D eigenvalue weighted by Gasteiger charge is 2.26. The molecule has 9 nitrogen and oxygen atoms in total. The molecule has 0 fully saturated rings. The van der Waals surface area contributed by atoms with Crippen molar-refractivity contribution in [2.24, 2.45) is 0 Å². The van der Waals surface area contributed by atoms with Crippen LogP contribution in [0.2, 0.25) is 0 Å². The van der Waals surface area contributed by atoms with Crippen molar-refractivity contribution in [1.82, 2.24) is 25.5 Å². The molecule has 0 saturated heterocycles. The average molecular weight is 455 g/mol. The van der Waals surface area contributed by atoms with Crippen LogP contribution in [-0.4, -0.2) is 38.6 Å². The van der Waals surface area contributed by atoms with Crippen molar-refractivity contribution >= 4 is 28.2 Å². The summed E-state index contributed by atoms with van der Waals surface area (Å²) in [6.07, 6.45) is 3.98. The summed E-state index contributed by atoms with van der Waals surface area (Å²) in [7, 11) is 0. The monoisotopic (exact) mass is 454 g/mol. The number of nitrogens with one attached hydrogen (secondary N) is 2. The fraction of sp³-hybridized carbons (Fsp3) is 0.409. The minimum atomic E-state index is -0.280. The maximum Gasteiger partial charge on any atom is 0.256 e. The van der Waals surface area contributed by atoms with Crippen molar-refractivity contribution in [2.45, 2.75) is 52.7 Å². The van der Waals surface area contributed by atoms with Gasteiger partial charge in [-0.25, -0.2) is 4.68 Å². The molecule has 2 aromatic heterocycles. The second-order valence-electron chi connectivity index (χ2n) is 7.46. The highest BCUT2D eigenvalue weighted by Crippen LogP contribution is 2.38. The first-order valence-corrected chi connectivity index (χ1v) is 11.6. The van der Waals surface area contributed by atoms with E-state index in [-0.39, 0.29) is 18.4 Å². The first-order chi connectivity index (χ1) is 15.6. The Morgan fingerprint density at radius 3 is 2.84 bits per heavy atom. The molecule has 2 heterocycles. The van der Waals surface area contributed by atoms with Crippen molar-refractivity contribution in [1.29, 1.82) is 0 Å². The number of hydrogen-bond acceptors (Lipinski definition) is 7. The zero-order valence-electron chi connectivity index (χ0n) is 18.2. The number of rotatable bonds is 8. The Hall–Kier alpha value is -3.27. The predicted octanol–water partition coefficient (Wildman–Crippen LogP) is 3.21. The molecule has 0 unspecified atom stereocenters. The molecule has 32 heavy (non-hydrogen) atoms. The van der Waals surface area contributed by atoms with Crippen LogP contribution in [0.25, 0.3) is 0 Å². The maximum atomic E-state index is 13.0. The topological polar surface area (TPSA) is 111 Å². The van der Waals surface area contributed by atoms with E-state index in [1.807, 2.05) is 13.8 Å². The van der Waals surface area contributed by atoms with Gasteiger partial charge in [0.2, 0.25) is 0 Å². The number of carbonyl (C=O) groups excluding carboxylic acids is 2. The Morgan fingerprint density at radius 1 is 1.19 bits per heavy atom. The van der Waals surface area contributed by atoms with E-state index in [1.54, 1.807) is 28.9 Å². The molecule has 1 aromatic carbocycles. The first kappa shape index (κ1) is 21.9. The number of fused-ring (bicyclic) bond motifs is 1. The third kappa shape index (κ3) is 4.64. The van der Waals surface area contributed by atoms with Gasteiger partial charge in [0.1, 0.15) is 17.4 Å². The molecule has 168 valence electrons. The van der Waals surface area contributed by atoms with E-state index in [9.17, 15) is 9.59 Å². The summed E-state index contributed by atoms with van der Waals surface area (Å²) in [5.74, 6) is 0.738. The molecule has 0 saturated carbocycles. The smallest absolute Gasteiger partial charge is 0.256 e. The van der Waals surface area contributed by atoms with Crippen LogP contribution in [-0.2, 0) is 26.0 Å². The number of nitrogens with zero attached hydrogens (tertiary/aromatic N) is 4. The second kappa shape index (κ2) is 9.90. The van der Waals surface area contributed by atoms with E-state index in [0.29, 0.717) is 40.8 Å². The number of aromatic nitrogens is 4. The second-order valence-corrected chi connectivity index (χ2v) is 8.56. The number of carbonyl (C=O) groups is 2. The first-order valence-electron chi connectivity index (χ1n) is 10.8. The average Bonchev–Trinajstić information content (AvgIpc) is 3.41. The van der Waals surface area contributed by atoms with Gasteiger partial charge in [0.05, 0.1) is 5.56 Å². The van der Waals surface area contributed by atoms with Crippen molar-refractivity contribution in [3.8, 4) is 5.75 Å². The van der Waals surface area contributed by atoms with Crippen LogP contribution in [0.1, 0.15) is 63.7 Å². The minimum absolute atomic E-state index is 0.132. The molecule has 1 aliphatic carbocycles. The number of anilines is 1. The highest BCUT2D eigenvalue weighted by molar-refractivity contribution is 7.17. The molecule has 4 rings (SSSR count). The quantitative estimate of drug-likeness (QED) is 0.541. The summed E-state index contributed by atoms with van der Waals surface area (Å²) in [6, 6.07) is 6.93. The Morgan fingerprint density at radius 2 is 2.03 bits per heavy atom. The molecule has 10 heteroatoms. The Labute approximate surface area is 190 Å². The molecular weight excluding hydrogens is 428 g/mol. The third-order valence-corrected chi connectivity index (χ3v) is 6.54. The maximum absolute atomic E-state index is 13.0. The molecular formula is C22H26N6O3S. The lowest BCUT2D eigenvalue weighted by Crippen LogP contribution is -2.25. The molecule has 3 aromatic rings. The van der Waals surface area contributed by atoms with Crippen LogP contribution in [0, 0.1) is 0 Å². The van der Waals surface area contributed by atoms with Crippen molar-refractivity contribution in [3.05, 3.63) is 51.7 Å². The predicted molar refractivity (Wildman–Crippen MR) is 121 cm³/mol. The van der Waals surface area contributed by atoms with Crippen LogP contribution < -0.4 is 15.4 Å². The largest absolute Gasteiger partial charge is 0.486 e. The zero-order chi connectivity index (χ0) is 22.5. The van der Waals surface area contributed by atoms with Crippen molar-refractivity contribution < 1.29 is 14.3 Å². The van der Waals surface area contributed by atoms with Gasteiger partial charge in [-0.15, -0.1) is 16.4 Å². The number of tetrazole rings is 1. The lowest BCUT2D eigenvalue weighted by atomic mass is 9.95. The van der Waals surface area contributed by atoms with E-state index in [0.717, 1.165) is 31.2 Å². The Kier molecular flexibility index (Phi) is 6.79. The summed E-state index contributed by atoms with van der Waals surface area (Å²) in [6.45, 7) is 5.22. The summed E-state index contributed by atoms with van der Waals surface area (Å²) < 4.78 is 7.44. The molecule has 0 spiro atoms. The lowest BCUT2D eigenvalue weighted by molar-refractivity contribution is 0.0956. The van der Waals surface area contributed by atoms with E-state index in [1.165, 1.54) is 16.2 Å². The minimum Gasteiger partial charge on any atom is -0.486 e. The number of hydrogen-bond donors (Lipinski definition) is 2. The van der Waals surface area contributed by atoms with Gasteiger partial charge >= 0.3 is 0 Å². The third-order valence-electron chi connectivity index (χ3n) is 5.33. The van der Waals surface area contributed by atoms with Crippen LogP contribution >= 0.6 is 11.3 Å². The van der Waals surface area contributed by atoms with E-state index in [4.69, 9.17) is 4.74 Å². The van der Waals surface area contributed by atoms with Gasteiger partial charge in [0.15, 0.2) is 5.82 Å². The van der Waals surface area contributed by atoms with Crippen LogP contribution in [0.5, 0.6) is 5.75 Å². The van der Waals surface area contributed by atoms with Gasteiger partial charge in [-0.3, -0.25) is 9.59 Å². The SMILES string of the molecule is CCNC(=O)c1c(NC(=O)c2cccc(OCc3nnnn3CC)c2)sc2c1CCCC2. The highest BCUT2D eigenvalue weighted by atomic mass is 32.1. The van der Waals surface area contributed by atoms with E-state index >= 15 is 0 Å². The number of thiophene rings is 1. The van der Waals surface area contributed by atoms with Crippen LogP contribution in [0.15, 0.2) is 24.3 Å². The Balaban J connectivity index is 1.51. The van der Waals surface area contributed by atoms with E-state index < -0.39 is 0 Å². The zero-order valence-corrected chi connectivity index (χ0v) is 19.0. The molecule has 0 bridgehead atoms. The van der Waals surface area contributed by atoms with E-state index in [2.05, 4.69) is 26.2 Å². The number of ether oxygens (including phenoxy) is 1. The summed E-state index contributed by atoms with van der Waals surface area (Å²) in [4.78, 5) is 26.9. The molecule has 0 atom stereocenters. The van der Waals surface area contributed by atoms with Gasteiger partial charge < -0.3 is 15.4 Å². The van der Waals surface area contributed by atoms with Gasteiger partial charge in [-0.1, -0.05) is 6.07 Å². The van der Waals surface area contributed by atoms with Crippen molar-refractivity contribution in [3.63, 3.8) is 0 Å². The molecule has 1 aliphatic rings. The molecule has 2 N–H and O–H groups in total. The fourth-order valence-electron chi connectivity index (χ4n) is 3.77. The van der Waals surface area contributed by atoms with Gasteiger partial charge in [0, 0.05) is 23.5 Å². The van der Waals surface area contributed by atoms with Gasteiger partial charge in [0.25, 0.3) is 11.8 Å². The standard InChI is InChI=1S/C22H26N6O3S/c1-3-23-21(30)19-16-10-5-6-11-17(16)32-22(19)24-20(29)14-8-7-9-15(12-14)31-13-18-25-26-27-28(18)4-2/h7-9,12H,3-6,10-11,13H2,1-2H3,(H,23,30)(H,24,29). The number of benzene rings is 1. The summed E-state index contributed by atoms with van der Waals surface area (Å²) in [5.41, 5.74) is 2.14. The van der Waals surface area contributed by atoms with Crippen LogP contribution in [0.3, 0.4) is 0 Å². The summed E-state index contributed by atoms with van der Waals surface area (Å²) in [5, 5.41) is 17.9. The normalized spacial score (nSPS) is 12.8. The van der Waals surface area contributed by atoms with Crippen LogP contribution in [0.4, 0.5) is 5.00 Å². The fourth-order valence-corrected chi connectivity index (χ4v) is 5.05. The number of amides is 2. The molecule has 2 amide bonds. The summed E-state index contributed by atoms with van der Waals surface area (Å²) >= 11 is 1.51. The molecule has 0 aliphatic heterocycles. The van der Waals surface area contributed by atoms with Crippen molar-refractivity contribution in [2.75, 3.05) is 11.9 Å². The van der Waals surface area contributed by atoms with Gasteiger partial charge in [-0.05, 0) is 73.7 Å². The lowest BCUT2D eigenvalue weighted by Gasteiger charge is -2.13. The molecule has 0 radical (unpaired) electrons.